The summed E-state index contributed by atoms with van der Waals surface area (Å²) < 4.78 is 4.46. The zero-order valence-electron chi connectivity index (χ0n) is 6.05. The first kappa shape index (κ1) is 7.34. The molecular formula is C6H11NO3. The van der Waals surface area contributed by atoms with Gasteiger partial charge in [0.2, 0.25) is 0 Å². The average molecular weight is 145 g/mol. The average Bonchev–Trinajstić information content (AvgIpc) is 2.01. The SMILES string of the molecule is CC1(C)CC1(N)OC(=O)O. The Balaban J connectivity index is 2.52. The summed E-state index contributed by atoms with van der Waals surface area (Å²) in [6.45, 7) is 3.74. The first-order valence-electron chi connectivity index (χ1n) is 3.08. The van der Waals surface area contributed by atoms with E-state index >= 15 is 0 Å². The van der Waals surface area contributed by atoms with Crippen LogP contribution < -0.4 is 5.73 Å². The molecule has 1 saturated carbocycles. The van der Waals surface area contributed by atoms with Gasteiger partial charge in [0, 0.05) is 11.8 Å². The normalized spacial score (nSPS) is 35.1. The summed E-state index contributed by atoms with van der Waals surface area (Å²) in [6.07, 6.45) is -0.695. The summed E-state index contributed by atoms with van der Waals surface area (Å²) in [4.78, 5) is 10.0. The third kappa shape index (κ3) is 0.945. The molecule has 1 atom stereocenters. The number of carboxylic acid groups (broad SMARTS) is 1. The Morgan fingerprint density at radius 1 is 1.70 bits per heavy atom. The standard InChI is InChI=1S/C6H11NO3/c1-5(2)3-6(5,7)10-4(8)9/h3,7H2,1-2H3,(H,8,9). The molecule has 0 heterocycles. The molecular weight excluding hydrogens is 134 g/mol. The maximum absolute atomic E-state index is 10.0. The Morgan fingerprint density at radius 3 is 2.20 bits per heavy atom. The van der Waals surface area contributed by atoms with Crippen molar-refractivity contribution >= 4 is 6.16 Å². The highest BCUT2D eigenvalue weighted by Crippen LogP contribution is 2.54. The van der Waals surface area contributed by atoms with Gasteiger partial charge in [0.05, 0.1) is 0 Å². The largest absolute Gasteiger partial charge is 0.507 e. The number of nitrogens with two attached hydrogens (primary N) is 1. The molecule has 1 aliphatic rings. The zero-order chi connectivity index (χ0) is 7.99. The molecule has 0 aromatic rings. The van der Waals surface area contributed by atoms with Gasteiger partial charge < -0.3 is 9.84 Å². The maximum Gasteiger partial charge on any atom is 0.507 e. The van der Waals surface area contributed by atoms with Crippen molar-refractivity contribution < 1.29 is 14.6 Å². The molecule has 0 saturated heterocycles. The van der Waals surface area contributed by atoms with Crippen LogP contribution in [-0.4, -0.2) is 17.0 Å². The molecule has 3 N–H and O–H groups in total. The van der Waals surface area contributed by atoms with E-state index < -0.39 is 11.9 Å². The second kappa shape index (κ2) is 1.63. The van der Waals surface area contributed by atoms with Crippen molar-refractivity contribution in [2.45, 2.75) is 26.0 Å². The molecule has 10 heavy (non-hydrogen) atoms. The van der Waals surface area contributed by atoms with Gasteiger partial charge in [-0.15, -0.1) is 0 Å². The molecule has 0 aromatic heterocycles. The van der Waals surface area contributed by atoms with Gasteiger partial charge in [0.25, 0.3) is 0 Å². The first-order chi connectivity index (χ1) is 4.37. The monoisotopic (exact) mass is 145 g/mol. The van der Waals surface area contributed by atoms with E-state index in [1.165, 1.54) is 0 Å². The van der Waals surface area contributed by atoms with Crippen LogP contribution in [0.3, 0.4) is 0 Å². The van der Waals surface area contributed by atoms with E-state index in [1.807, 2.05) is 13.8 Å². The Bertz CT molecular complexity index is 178. The van der Waals surface area contributed by atoms with E-state index in [9.17, 15) is 4.79 Å². The van der Waals surface area contributed by atoms with Crippen LogP contribution in [0.15, 0.2) is 0 Å². The lowest BCUT2D eigenvalue weighted by atomic mass is 10.2. The molecule has 0 bridgehead atoms. The van der Waals surface area contributed by atoms with E-state index in [0.29, 0.717) is 6.42 Å². The molecule has 0 spiro atoms. The van der Waals surface area contributed by atoms with Crippen LogP contribution >= 0.6 is 0 Å². The Morgan fingerprint density at radius 2 is 2.10 bits per heavy atom. The smallest absolute Gasteiger partial charge is 0.450 e. The second-order valence-electron chi connectivity index (χ2n) is 3.32. The van der Waals surface area contributed by atoms with E-state index in [1.54, 1.807) is 0 Å². The van der Waals surface area contributed by atoms with Gasteiger partial charge in [-0.25, -0.2) is 4.79 Å². The van der Waals surface area contributed by atoms with Crippen molar-refractivity contribution in [3.63, 3.8) is 0 Å². The number of hydrogen-bond donors (Lipinski definition) is 2. The quantitative estimate of drug-likeness (QED) is 0.422. The number of carbonyl (C=O) groups is 1. The lowest BCUT2D eigenvalue weighted by Gasteiger charge is -2.12. The van der Waals surface area contributed by atoms with Crippen LogP contribution in [-0.2, 0) is 4.74 Å². The summed E-state index contributed by atoms with van der Waals surface area (Å²) in [5.74, 6) is 0. The molecule has 58 valence electrons. The van der Waals surface area contributed by atoms with Crippen LogP contribution in [0.1, 0.15) is 20.3 Å². The minimum absolute atomic E-state index is 0.189. The lowest BCUT2D eigenvalue weighted by Crippen LogP contribution is -2.33. The third-order valence-corrected chi connectivity index (χ3v) is 1.99. The van der Waals surface area contributed by atoms with Crippen molar-refractivity contribution in [2.75, 3.05) is 0 Å². The first-order valence-corrected chi connectivity index (χ1v) is 3.08. The van der Waals surface area contributed by atoms with Crippen LogP contribution in [0, 0.1) is 5.41 Å². The van der Waals surface area contributed by atoms with Gasteiger partial charge in [-0.2, -0.15) is 0 Å². The third-order valence-electron chi connectivity index (χ3n) is 1.99. The minimum atomic E-state index is -1.30. The van der Waals surface area contributed by atoms with Gasteiger partial charge in [-0.05, 0) is 0 Å². The van der Waals surface area contributed by atoms with Gasteiger partial charge in [0.15, 0.2) is 5.72 Å². The van der Waals surface area contributed by atoms with Gasteiger partial charge in [-0.3, -0.25) is 5.73 Å². The van der Waals surface area contributed by atoms with Crippen LogP contribution in [0.2, 0.25) is 0 Å². The van der Waals surface area contributed by atoms with Gasteiger partial charge >= 0.3 is 6.16 Å². The van der Waals surface area contributed by atoms with Crippen molar-refractivity contribution in [2.24, 2.45) is 11.1 Å². The summed E-state index contributed by atoms with van der Waals surface area (Å²) >= 11 is 0. The Labute approximate surface area is 59.0 Å². The molecule has 0 aliphatic heterocycles. The fraction of sp³-hybridized carbons (Fsp3) is 0.833. The number of hydrogen-bond acceptors (Lipinski definition) is 3. The van der Waals surface area contributed by atoms with Crippen LogP contribution in [0.5, 0.6) is 0 Å². The Kier molecular flexibility index (Phi) is 1.20. The highest BCUT2D eigenvalue weighted by Gasteiger charge is 2.62. The van der Waals surface area contributed by atoms with E-state index in [2.05, 4.69) is 4.74 Å². The maximum atomic E-state index is 10.0. The summed E-state index contributed by atoms with van der Waals surface area (Å²) in [6, 6.07) is 0. The van der Waals surface area contributed by atoms with Crippen molar-refractivity contribution in [1.82, 2.24) is 0 Å². The fourth-order valence-electron chi connectivity index (χ4n) is 0.942. The van der Waals surface area contributed by atoms with Gasteiger partial charge in [0.1, 0.15) is 0 Å². The number of rotatable bonds is 1. The predicted octanol–water partition coefficient (Wildman–Crippen LogP) is 0.766. The van der Waals surface area contributed by atoms with Crippen molar-refractivity contribution in [1.29, 1.82) is 0 Å². The molecule has 0 amide bonds. The minimum Gasteiger partial charge on any atom is -0.450 e. The molecule has 1 aliphatic carbocycles. The van der Waals surface area contributed by atoms with E-state index in [4.69, 9.17) is 10.8 Å². The molecule has 0 aromatic carbocycles. The highest BCUT2D eigenvalue weighted by molar-refractivity contribution is 5.58. The molecule has 1 fully saturated rings. The fourth-order valence-corrected chi connectivity index (χ4v) is 0.942. The summed E-state index contributed by atoms with van der Waals surface area (Å²) in [5.41, 5.74) is 4.40. The topological polar surface area (TPSA) is 72.5 Å². The molecule has 1 rings (SSSR count). The molecule has 4 nitrogen and oxygen atoms in total. The highest BCUT2D eigenvalue weighted by atomic mass is 16.7. The van der Waals surface area contributed by atoms with Crippen molar-refractivity contribution in [3.05, 3.63) is 0 Å². The molecule has 4 heteroatoms. The summed E-state index contributed by atoms with van der Waals surface area (Å²) in [5, 5.41) is 8.22. The predicted molar refractivity (Wildman–Crippen MR) is 34.4 cm³/mol. The number of ether oxygens (including phenoxy) is 1. The van der Waals surface area contributed by atoms with Crippen LogP contribution in [0.25, 0.3) is 0 Å². The summed E-state index contributed by atoms with van der Waals surface area (Å²) in [7, 11) is 0. The van der Waals surface area contributed by atoms with E-state index in [-0.39, 0.29) is 5.41 Å². The molecule has 1 unspecified atom stereocenters. The van der Waals surface area contributed by atoms with E-state index in [0.717, 1.165) is 0 Å². The Hall–Kier alpha value is -0.770. The molecule has 0 radical (unpaired) electrons. The van der Waals surface area contributed by atoms with Crippen LogP contribution in [0.4, 0.5) is 4.79 Å². The van der Waals surface area contributed by atoms with Gasteiger partial charge in [-0.1, -0.05) is 13.8 Å². The zero-order valence-corrected chi connectivity index (χ0v) is 6.05. The van der Waals surface area contributed by atoms with Crippen molar-refractivity contribution in [3.8, 4) is 0 Å². The lowest BCUT2D eigenvalue weighted by molar-refractivity contribution is 0.0245. The second-order valence-corrected chi connectivity index (χ2v) is 3.32.